The van der Waals surface area contributed by atoms with Gasteiger partial charge in [-0.1, -0.05) is 0 Å². The molecule has 1 N–H and O–H groups in total. The molecule has 0 atom stereocenters. The van der Waals surface area contributed by atoms with Crippen molar-refractivity contribution in [1.82, 2.24) is 0 Å². The van der Waals surface area contributed by atoms with Gasteiger partial charge in [0.25, 0.3) is 5.69 Å². The highest BCUT2D eigenvalue weighted by Gasteiger charge is 2.31. The Bertz CT molecular complexity index is 765. The van der Waals surface area contributed by atoms with Gasteiger partial charge in [0.1, 0.15) is 11.4 Å². The molecule has 0 amide bonds. The topological polar surface area (TPSA) is 73.6 Å². The predicted octanol–water partition coefficient (Wildman–Crippen LogP) is 4.52. The molecule has 0 fully saturated rings. The van der Waals surface area contributed by atoms with Gasteiger partial charge in [-0.3, -0.25) is 20.4 Å². The van der Waals surface area contributed by atoms with E-state index in [-0.39, 0.29) is 17.1 Å². The molecule has 24 heavy (non-hydrogen) atoms. The molecule has 0 saturated carbocycles. The van der Waals surface area contributed by atoms with Gasteiger partial charge in [0.2, 0.25) is 0 Å². The van der Waals surface area contributed by atoms with Crippen molar-refractivity contribution in [2.24, 2.45) is 0 Å². The monoisotopic (exact) mass is 346 g/mol. The van der Waals surface area contributed by atoms with Crippen molar-refractivity contribution in [1.29, 1.82) is 0 Å². The summed E-state index contributed by atoms with van der Waals surface area (Å²) in [5.41, 5.74) is 0.723. The van der Waals surface area contributed by atoms with E-state index in [2.05, 4.69) is 10.3 Å². The smallest absolute Gasteiger partial charge is 0.416 e. The van der Waals surface area contributed by atoms with Crippen LogP contribution in [0.3, 0.4) is 0 Å². The van der Waals surface area contributed by atoms with E-state index in [1.165, 1.54) is 13.2 Å². The van der Waals surface area contributed by atoms with Gasteiger partial charge in [0.05, 0.1) is 17.6 Å². The van der Waals surface area contributed by atoms with Crippen molar-refractivity contribution in [2.75, 3.05) is 12.6 Å². The third-order valence-electron chi connectivity index (χ3n) is 2.86. The lowest BCUT2D eigenvalue weighted by atomic mass is 10.2. The summed E-state index contributed by atoms with van der Waals surface area (Å²) in [5, 5.41) is 10.9. The highest BCUT2D eigenvalue weighted by atomic mass is 19.4. The Morgan fingerprint density at radius 3 is 2.42 bits per heavy atom. The van der Waals surface area contributed by atoms with Gasteiger partial charge in [-0.25, -0.2) is 4.39 Å². The minimum atomic E-state index is -4.68. The molecule has 0 radical (unpaired) electrons. The Morgan fingerprint density at radius 2 is 1.88 bits per heavy atom. The molecule has 2 rings (SSSR count). The van der Waals surface area contributed by atoms with Crippen LogP contribution in [0.25, 0.3) is 0 Å². The van der Waals surface area contributed by atoms with Crippen LogP contribution in [-0.4, -0.2) is 12.0 Å². The van der Waals surface area contributed by atoms with Crippen LogP contribution in [-0.2, 0) is 11.0 Å². The van der Waals surface area contributed by atoms with E-state index in [0.29, 0.717) is 12.1 Å². The number of hydrogen-bond donors (Lipinski definition) is 1. The summed E-state index contributed by atoms with van der Waals surface area (Å²) < 4.78 is 56.4. The maximum atomic E-state index is 13.7. The highest BCUT2D eigenvalue weighted by Crippen LogP contribution is 2.35. The zero-order chi connectivity index (χ0) is 17.9. The van der Waals surface area contributed by atoms with Gasteiger partial charge >= 0.3 is 6.18 Å². The lowest BCUT2D eigenvalue weighted by molar-refractivity contribution is -0.384. The first-order valence-electron chi connectivity index (χ1n) is 6.34. The number of nitrogens with one attached hydrogen (secondary N) is 1. The van der Waals surface area contributed by atoms with Gasteiger partial charge in [-0.2, -0.15) is 13.2 Å². The Kier molecular flexibility index (Phi) is 4.88. The Balaban J connectivity index is 2.31. The molecule has 0 aromatic heterocycles. The van der Waals surface area contributed by atoms with Crippen molar-refractivity contribution < 1.29 is 32.1 Å². The molecule has 0 heterocycles. The van der Waals surface area contributed by atoms with Crippen LogP contribution in [0, 0.1) is 15.9 Å². The molecule has 0 saturated heterocycles. The van der Waals surface area contributed by atoms with Crippen LogP contribution in [0.15, 0.2) is 36.4 Å². The molecule has 10 heteroatoms. The number of nitrogens with zero attached hydrogens (tertiary/aromatic N) is 1. The largest absolute Gasteiger partial charge is 0.454 e. The molecule has 0 aliphatic carbocycles. The zero-order valence-corrected chi connectivity index (χ0v) is 12.1. The van der Waals surface area contributed by atoms with E-state index < -0.39 is 28.2 Å². The van der Waals surface area contributed by atoms with Crippen molar-refractivity contribution in [3.8, 4) is 11.5 Å². The van der Waals surface area contributed by atoms with Crippen LogP contribution in [0.1, 0.15) is 5.56 Å². The van der Waals surface area contributed by atoms with E-state index >= 15 is 0 Å². The SMILES string of the molecule is CONc1cc(Oc2ccc(C(F)(F)F)cc2F)ccc1[N+](=O)[O-]. The van der Waals surface area contributed by atoms with Gasteiger partial charge in [-0.15, -0.1) is 0 Å². The molecule has 6 nitrogen and oxygen atoms in total. The molecule has 128 valence electrons. The van der Waals surface area contributed by atoms with E-state index in [9.17, 15) is 27.7 Å². The normalized spacial score (nSPS) is 11.2. The summed E-state index contributed by atoms with van der Waals surface area (Å²) in [6, 6.07) is 5.20. The van der Waals surface area contributed by atoms with Gasteiger partial charge in [-0.05, 0) is 24.3 Å². The number of nitro groups is 1. The molecule has 0 aliphatic rings. The third kappa shape index (κ3) is 3.90. The van der Waals surface area contributed by atoms with Crippen molar-refractivity contribution in [3.05, 3.63) is 57.9 Å². The Morgan fingerprint density at radius 1 is 1.17 bits per heavy atom. The summed E-state index contributed by atoms with van der Waals surface area (Å²) in [4.78, 5) is 14.8. The second-order valence-corrected chi connectivity index (χ2v) is 4.49. The van der Waals surface area contributed by atoms with E-state index in [1.807, 2.05) is 0 Å². The van der Waals surface area contributed by atoms with Crippen LogP contribution < -0.4 is 10.2 Å². The molecular formula is C14H10F4N2O4. The van der Waals surface area contributed by atoms with Crippen LogP contribution in [0.2, 0.25) is 0 Å². The predicted molar refractivity (Wildman–Crippen MR) is 75.2 cm³/mol. The van der Waals surface area contributed by atoms with Crippen molar-refractivity contribution in [2.45, 2.75) is 6.18 Å². The summed E-state index contributed by atoms with van der Waals surface area (Å²) in [6.45, 7) is 0. The molecular weight excluding hydrogens is 336 g/mol. The second-order valence-electron chi connectivity index (χ2n) is 4.49. The molecule has 2 aromatic carbocycles. The van der Waals surface area contributed by atoms with Crippen molar-refractivity contribution in [3.63, 3.8) is 0 Å². The number of ether oxygens (including phenoxy) is 1. The highest BCUT2D eigenvalue weighted by molar-refractivity contribution is 5.63. The third-order valence-corrected chi connectivity index (χ3v) is 2.86. The number of halogens is 4. The average molecular weight is 346 g/mol. The number of nitro benzene ring substituents is 1. The number of alkyl halides is 3. The fourth-order valence-corrected chi connectivity index (χ4v) is 1.82. The maximum absolute atomic E-state index is 13.7. The minimum Gasteiger partial charge on any atom is -0.454 e. The second kappa shape index (κ2) is 6.71. The average Bonchev–Trinajstić information content (AvgIpc) is 2.48. The Labute approximate surface area is 132 Å². The minimum absolute atomic E-state index is 0.0289. The van der Waals surface area contributed by atoms with E-state index in [4.69, 9.17) is 4.74 Å². The van der Waals surface area contributed by atoms with Gasteiger partial charge < -0.3 is 4.74 Å². The first-order valence-corrected chi connectivity index (χ1v) is 6.34. The molecule has 0 aliphatic heterocycles. The first-order chi connectivity index (χ1) is 11.2. The number of anilines is 1. The molecule has 0 bridgehead atoms. The lowest BCUT2D eigenvalue weighted by Gasteiger charge is -2.11. The number of rotatable bonds is 5. The fraction of sp³-hybridized carbons (Fsp3) is 0.143. The van der Waals surface area contributed by atoms with Crippen LogP contribution in [0.5, 0.6) is 11.5 Å². The summed E-state index contributed by atoms with van der Waals surface area (Å²) >= 11 is 0. The van der Waals surface area contributed by atoms with E-state index in [0.717, 1.165) is 18.2 Å². The molecule has 0 spiro atoms. The van der Waals surface area contributed by atoms with Crippen molar-refractivity contribution >= 4 is 11.4 Å². The molecule has 2 aromatic rings. The molecule has 0 unspecified atom stereocenters. The summed E-state index contributed by atoms with van der Waals surface area (Å²) in [7, 11) is 1.23. The van der Waals surface area contributed by atoms with Gasteiger partial charge in [0.15, 0.2) is 11.6 Å². The Hall–Kier alpha value is -2.88. The maximum Gasteiger partial charge on any atom is 0.416 e. The van der Waals surface area contributed by atoms with E-state index in [1.54, 1.807) is 0 Å². The lowest BCUT2D eigenvalue weighted by Crippen LogP contribution is -2.05. The quantitative estimate of drug-likeness (QED) is 0.490. The first kappa shape index (κ1) is 17.5. The standard InChI is InChI=1S/C14H10F4N2O4/c1-23-19-11-7-9(3-4-12(11)20(21)22)24-13-5-2-8(6-10(13)15)14(16,17)18/h2-7,19H,1H3. The number of hydrogen-bond acceptors (Lipinski definition) is 5. The van der Waals surface area contributed by atoms with Crippen LogP contribution in [0.4, 0.5) is 28.9 Å². The van der Waals surface area contributed by atoms with Crippen LogP contribution >= 0.6 is 0 Å². The fourth-order valence-electron chi connectivity index (χ4n) is 1.82. The number of benzene rings is 2. The zero-order valence-electron chi connectivity index (χ0n) is 12.1. The summed E-state index contributed by atoms with van der Waals surface area (Å²) in [5.74, 6) is -1.71. The van der Waals surface area contributed by atoms with Gasteiger partial charge in [0, 0.05) is 12.1 Å². The summed E-state index contributed by atoms with van der Waals surface area (Å²) in [6.07, 6.45) is -4.68.